The van der Waals surface area contributed by atoms with Gasteiger partial charge in [0.25, 0.3) is 0 Å². The number of benzene rings is 1. The molecule has 6 heteroatoms. The van der Waals surface area contributed by atoms with Crippen LogP contribution in [0.2, 0.25) is 10.0 Å². The summed E-state index contributed by atoms with van der Waals surface area (Å²) >= 11 is 11.6. The van der Waals surface area contributed by atoms with E-state index in [1.807, 2.05) is 0 Å². The van der Waals surface area contributed by atoms with E-state index in [1.54, 1.807) is 18.2 Å². The summed E-state index contributed by atoms with van der Waals surface area (Å²) in [7, 11) is 0. The molecule has 1 aromatic rings. The molecule has 102 valence electrons. The van der Waals surface area contributed by atoms with Crippen molar-refractivity contribution in [1.82, 2.24) is 0 Å². The van der Waals surface area contributed by atoms with Crippen LogP contribution in [0, 0.1) is 0 Å². The topological polar surface area (TPSA) is 71.4 Å². The molecule has 0 aliphatic rings. The third kappa shape index (κ3) is 5.41. The zero-order chi connectivity index (χ0) is 14.4. The fraction of sp³-hybridized carbons (Fsp3) is 0.308. The maximum atomic E-state index is 11.3. The van der Waals surface area contributed by atoms with E-state index in [2.05, 4.69) is 0 Å². The first-order valence-corrected chi connectivity index (χ1v) is 6.37. The van der Waals surface area contributed by atoms with E-state index >= 15 is 0 Å². The molecule has 0 amide bonds. The molecule has 0 unspecified atom stereocenters. The first-order valence-electron chi connectivity index (χ1n) is 5.62. The monoisotopic (exact) mass is 302 g/mol. The van der Waals surface area contributed by atoms with Crippen molar-refractivity contribution < 1.29 is 19.5 Å². The van der Waals surface area contributed by atoms with Crippen molar-refractivity contribution in [2.45, 2.75) is 25.7 Å². The predicted molar refractivity (Wildman–Crippen MR) is 71.7 cm³/mol. The van der Waals surface area contributed by atoms with Crippen molar-refractivity contribution in [2.75, 3.05) is 0 Å². The fourth-order valence-electron chi connectivity index (χ4n) is 1.53. The minimum atomic E-state index is -1.57. The highest BCUT2D eigenvalue weighted by Gasteiger charge is 2.15. The van der Waals surface area contributed by atoms with Gasteiger partial charge in [0.15, 0.2) is 0 Å². The number of halogens is 2. The van der Waals surface area contributed by atoms with E-state index in [1.165, 1.54) is 0 Å². The maximum Gasteiger partial charge on any atom is 0.372 e. The predicted octanol–water partition coefficient (Wildman–Crippen LogP) is 2.93. The van der Waals surface area contributed by atoms with E-state index in [-0.39, 0.29) is 12.2 Å². The molecule has 1 rings (SSSR count). The van der Waals surface area contributed by atoms with Gasteiger partial charge < -0.3 is 5.11 Å². The van der Waals surface area contributed by atoms with Crippen molar-refractivity contribution >= 4 is 40.7 Å². The summed E-state index contributed by atoms with van der Waals surface area (Å²) in [5.74, 6) is -3.01. The van der Waals surface area contributed by atoms with E-state index < -0.39 is 18.2 Å². The Balaban J connectivity index is 2.37. The quantitative estimate of drug-likeness (QED) is 0.621. The van der Waals surface area contributed by atoms with Gasteiger partial charge >= 0.3 is 5.97 Å². The number of carboxylic acid groups (broad SMARTS) is 1. The number of aryl methyl sites for hydroxylation is 1. The summed E-state index contributed by atoms with van der Waals surface area (Å²) in [6.07, 6.45) is 0.767. The zero-order valence-electron chi connectivity index (χ0n) is 9.99. The molecule has 0 saturated heterocycles. The Morgan fingerprint density at radius 3 is 2.37 bits per heavy atom. The Kier molecular flexibility index (Phi) is 5.99. The summed E-state index contributed by atoms with van der Waals surface area (Å²) in [4.78, 5) is 32.4. The summed E-state index contributed by atoms with van der Waals surface area (Å²) in [5.41, 5.74) is 0.937. The Bertz CT molecular complexity index is 511. The van der Waals surface area contributed by atoms with Crippen molar-refractivity contribution in [3.05, 3.63) is 33.8 Å². The molecular formula is C13H12Cl2O4. The number of aliphatic carboxylic acids is 1. The average molecular weight is 303 g/mol. The standard InChI is InChI=1S/C13H12Cl2O4/c14-10-5-4-8(6-11(10)15)2-1-3-9(16)7-12(17)13(18)19/h4-6H,1-3,7H2,(H,18,19). The number of carbonyl (C=O) groups is 3. The SMILES string of the molecule is O=C(CCCc1ccc(Cl)c(Cl)c1)CC(=O)C(=O)O. The number of hydrogen-bond acceptors (Lipinski definition) is 3. The molecule has 0 spiro atoms. The molecule has 0 bridgehead atoms. The highest BCUT2D eigenvalue weighted by atomic mass is 35.5. The van der Waals surface area contributed by atoms with Crippen molar-refractivity contribution in [1.29, 1.82) is 0 Å². The van der Waals surface area contributed by atoms with Crippen LogP contribution < -0.4 is 0 Å². The molecule has 1 N–H and O–H groups in total. The van der Waals surface area contributed by atoms with Crippen LogP contribution in [0.15, 0.2) is 18.2 Å². The second-order valence-corrected chi connectivity index (χ2v) is 4.86. The second kappa shape index (κ2) is 7.26. The number of ketones is 2. The second-order valence-electron chi connectivity index (χ2n) is 4.05. The smallest absolute Gasteiger partial charge is 0.372 e. The lowest BCUT2D eigenvalue weighted by Gasteiger charge is -2.03. The van der Waals surface area contributed by atoms with Crippen LogP contribution in [0.25, 0.3) is 0 Å². The average Bonchev–Trinajstić information content (AvgIpc) is 2.33. The molecule has 0 radical (unpaired) electrons. The minimum absolute atomic E-state index is 0.166. The summed E-state index contributed by atoms with van der Waals surface area (Å²) in [5, 5.41) is 9.28. The van der Waals surface area contributed by atoms with Crippen LogP contribution in [0.1, 0.15) is 24.8 Å². The molecule has 0 saturated carbocycles. The Labute approximate surface area is 120 Å². The number of Topliss-reactive ketones (excluding diaryl/α,β-unsaturated/α-hetero) is 2. The molecule has 0 fully saturated rings. The largest absolute Gasteiger partial charge is 0.475 e. The Morgan fingerprint density at radius 2 is 1.79 bits per heavy atom. The van der Waals surface area contributed by atoms with Gasteiger partial charge in [-0.05, 0) is 30.5 Å². The maximum absolute atomic E-state index is 11.3. The van der Waals surface area contributed by atoms with Gasteiger partial charge in [0.2, 0.25) is 5.78 Å². The van der Waals surface area contributed by atoms with E-state index in [9.17, 15) is 14.4 Å². The normalized spacial score (nSPS) is 10.2. The minimum Gasteiger partial charge on any atom is -0.475 e. The first kappa shape index (κ1) is 15.7. The van der Waals surface area contributed by atoms with Crippen molar-refractivity contribution in [2.24, 2.45) is 0 Å². The van der Waals surface area contributed by atoms with Gasteiger partial charge in [0, 0.05) is 6.42 Å². The molecule has 4 nitrogen and oxygen atoms in total. The Hall–Kier alpha value is -1.39. The molecule has 0 aromatic heterocycles. The van der Waals surface area contributed by atoms with Gasteiger partial charge in [-0.2, -0.15) is 0 Å². The molecular weight excluding hydrogens is 291 g/mol. The highest BCUT2D eigenvalue weighted by molar-refractivity contribution is 6.42. The number of rotatable bonds is 7. The van der Waals surface area contributed by atoms with Gasteiger partial charge in [-0.15, -0.1) is 0 Å². The molecule has 0 aliphatic carbocycles. The van der Waals surface area contributed by atoms with E-state index in [0.29, 0.717) is 22.9 Å². The lowest BCUT2D eigenvalue weighted by molar-refractivity contribution is -0.150. The third-order valence-corrected chi connectivity index (χ3v) is 3.24. The van der Waals surface area contributed by atoms with Crippen LogP contribution in [-0.2, 0) is 20.8 Å². The molecule has 0 heterocycles. The fourth-order valence-corrected chi connectivity index (χ4v) is 1.85. The number of carbonyl (C=O) groups excluding carboxylic acids is 2. The zero-order valence-corrected chi connectivity index (χ0v) is 11.5. The van der Waals surface area contributed by atoms with Crippen LogP contribution >= 0.6 is 23.2 Å². The number of carboxylic acids is 1. The molecule has 0 atom stereocenters. The summed E-state index contributed by atoms with van der Waals surface area (Å²) < 4.78 is 0. The van der Waals surface area contributed by atoms with Crippen molar-refractivity contribution in [3.8, 4) is 0 Å². The van der Waals surface area contributed by atoms with E-state index in [0.717, 1.165) is 5.56 Å². The summed E-state index contributed by atoms with van der Waals surface area (Å²) in [6, 6.07) is 5.20. The van der Waals surface area contributed by atoms with Crippen LogP contribution in [0.4, 0.5) is 0 Å². The van der Waals surface area contributed by atoms with Crippen LogP contribution in [-0.4, -0.2) is 22.6 Å². The third-order valence-electron chi connectivity index (χ3n) is 2.50. The molecule has 0 aliphatic heterocycles. The lowest BCUT2D eigenvalue weighted by atomic mass is 10.0. The van der Waals surface area contributed by atoms with Gasteiger partial charge in [-0.25, -0.2) is 4.79 Å². The van der Waals surface area contributed by atoms with Crippen LogP contribution in [0.3, 0.4) is 0 Å². The molecule has 1 aromatic carbocycles. The van der Waals surface area contributed by atoms with Crippen molar-refractivity contribution in [3.63, 3.8) is 0 Å². The van der Waals surface area contributed by atoms with E-state index in [4.69, 9.17) is 28.3 Å². The first-order chi connectivity index (χ1) is 8.90. The lowest BCUT2D eigenvalue weighted by Crippen LogP contribution is -2.16. The summed E-state index contributed by atoms with van der Waals surface area (Å²) in [6.45, 7) is 0. The van der Waals surface area contributed by atoms with Gasteiger partial charge in [-0.1, -0.05) is 29.3 Å². The molecule has 19 heavy (non-hydrogen) atoms. The van der Waals surface area contributed by atoms with Gasteiger partial charge in [0.05, 0.1) is 16.5 Å². The number of hydrogen-bond donors (Lipinski definition) is 1. The highest BCUT2D eigenvalue weighted by Crippen LogP contribution is 2.23. The van der Waals surface area contributed by atoms with Gasteiger partial charge in [0.1, 0.15) is 5.78 Å². The van der Waals surface area contributed by atoms with Crippen LogP contribution in [0.5, 0.6) is 0 Å². The van der Waals surface area contributed by atoms with Gasteiger partial charge in [-0.3, -0.25) is 9.59 Å². The Morgan fingerprint density at radius 1 is 1.11 bits per heavy atom.